The Bertz CT molecular complexity index is 346. The lowest BCUT2D eigenvalue weighted by molar-refractivity contribution is 0.613. The molecule has 2 heteroatoms. The number of rotatable bonds is 2. The van der Waals surface area contributed by atoms with Crippen LogP contribution < -0.4 is 5.73 Å². The van der Waals surface area contributed by atoms with Crippen LogP contribution in [0.3, 0.4) is 0 Å². The summed E-state index contributed by atoms with van der Waals surface area (Å²) in [4.78, 5) is 0. The van der Waals surface area contributed by atoms with Crippen LogP contribution in [0.2, 0.25) is 0 Å². The Kier molecular flexibility index (Phi) is 2.55. The van der Waals surface area contributed by atoms with E-state index in [1.807, 2.05) is 6.92 Å². The smallest absolute Gasteiger partial charge is 0.123 e. The van der Waals surface area contributed by atoms with Gasteiger partial charge < -0.3 is 5.73 Å². The highest BCUT2D eigenvalue weighted by atomic mass is 19.1. The van der Waals surface area contributed by atoms with Crippen molar-refractivity contribution in [1.82, 2.24) is 0 Å². The Morgan fingerprint density at radius 1 is 1.43 bits per heavy atom. The molecule has 0 unspecified atom stereocenters. The van der Waals surface area contributed by atoms with Crippen LogP contribution in [0.4, 0.5) is 4.39 Å². The summed E-state index contributed by atoms with van der Waals surface area (Å²) in [5, 5.41) is 0. The first-order valence-corrected chi connectivity index (χ1v) is 5.29. The molecule has 0 aromatic heterocycles. The number of hydrogen-bond donors (Lipinski definition) is 1. The van der Waals surface area contributed by atoms with Crippen molar-refractivity contribution in [1.29, 1.82) is 0 Å². The average Bonchev–Trinajstić information content (AvgIpc) is 2.62. The minimum Gasteiger partial charge on any atom is -0.324 e. The predicted octanol–water partition coefficient (Wildman–Crippen LogP) is 2.72. The van der Waals surface area contributed by atoms with Crippen molar-refractivity contribution in [2.75, 3.05) is 0 Å². The highest BCUT2D eigenvalue weighted by Gasteiger charge is 2.19. The Balaban J connectivity index is 2.48. The van der Waals surface area contributed by atoms with Gasteiger partial charge in [-0.25, -0.2) is 4.39 Å². The van der Waals surface area contributed by atoms with E-state index in [1.54, 1.807) is 12.1 Å². The van der Waals surface area contributed by atoms with Crippen molar-refractivity contribution >= 4 is 0 Å². The molecule has 1 aromatic rings. The molecule has 1 aliphatic carbocycles. The molecule has 76 valence electrons. The van der Waals surface area contributed by atoms with Crippen LogP contribution in [0.25, 0.3) is 0 Å². The van der Waals surface area contributed by atoms with Crippen molar-refractivity contribution in [2.24, 2.45) is 5.73 Å². The lowest BCUT2D eigenvalue weighted by atomic mass is 9.96. The molecule has 1 aliphatic rings. The highest BCUT2D eigenvalue weighted by molar-refractivity contribution is 5.40. The van der Waals surface area contributed by atoms with Crippen molar-refractivity contribution in [2.45, 2.75) is 38.6 Å². The van der Waals surface area contributed by atoms with Gasteiger partial charge in [-0.1, -0.05) is 6.92 Å². The molecule has 0 saturated heterocycles. The molecule has 0 fully saturated rings. The fraction of sp³-hybridized carbons (Fsp3) is 0.500. The maximum absolute atomic E-state index is 13.3. The third-order valence-electron chi connectivity index (χ3n) is 3.05. The van der Waals surface area contributed by atoms with E-state index >= 15 is 0 Å². The van der Waals surface area contributed by atoms with E-state index in [0.29, 0.717) is 0 Å². The summed E-state index contributed by atoms with van der Waals surface area (Å²) >= 11 is 0. The van der Waals surface area contributed by atoms with Crippen molar-refractivity contribution in [3.63, 3.8) is 0 Å². The summed E-state index contributed by atoms with van der Waals surface area (Å²) in [5.41, 5.74) is 9.47. The molecule has 2 rings (SSSR count). The van der Waals surface area contributed by atoms with Gasteiger partial charge in [-0.05, 0) is 54.5 Å². The lowest BCUT2D eigenvalue weighted by Crippen LogP contribution is -2.11. The molecule has 0 spiro atoms. The van der Waals surface area contributed by atoms with E-state index in [1.165, 1.54) is 11.1 Å². The fourth-order valence-electron chi connectivity index (χ4n) is 2.25. The van der Waals surface area contributed by atoms with E-state index in [-0.39, 0.29) is 11.9 Å². The molecule has 0 aliphatic heterocycles. The van der Waals surface area contributed by atoms with E-state index in [9.17, 15) is 4.39 Å². The molecule has 0 radical (unpaired) electrons. The number of hydrogen-bond acceptors (Lipinski definition) is 1. The molecular formula is C12H16FN. The molecule has 1 nitrogen and oxygen atoms in total. The van der Waals surface area contributed by atoms with E-state index in [4.69, 9.17) is 5.73 Å². The Morgan fingerprint density at radius 3 is 2.93 bits per heavy atom. The first-order valence-electron chi connectivity index (χ1n) is 5.29. The summed E-state index contributed by atoms with van der Waals surface area (Å²) in [7, 11) is 0. The number of halogens is 1. The first kappa shape index (κ1) is 9.66. The number of fused-ring (bicyclic) bond motifs is 1. The second-order valence-corrected chi connectivity index (χ2v) is 4.00. The van der Waals surface area contributed by atoms with Crippen LogP contribution in [0, 0.1) is 5.82 Å². The molecule has 14 heavy (non-hydrogen) atoms. The Hall–Kier alpha value is -0.890. The SMILES string of the molecule is CC[C@H](N)c1cc(F)cc2c1CCC2. The van der Waals surface area contributed by atoms with Crippen LogP contribution in [-0.4, -0.2) is 0 Å². The van der Waals surface area contributed by atoms with E-state index < -0.39 is 0 Å². The van der Waals surface area contributed by atoms with Gasteiger partial charge in [-0.2, -0.15) is 0 Å². The predicted molar refractivity (Wildman–Crippen MR) is 55.6 cm³/mol. The Morgan fingerprint density at radius 2 is 2.21 bits per heavy atom. The second-order valence-electron chi connectivity index (χ2n) is 4.00. The van der Waals surface area contributed by atoms with Gasteiger partial charge in [0.15, 0.2) is 0 Å². The van der Waals surface area contributed by atoms with Crippen molar-refractivity contribution in [3.8, 4) is 0 Å². The lowest BCUT2D eigenvalue weighted by Gasteiger charge is -2.14. The summed E-state index contributed by atoms with van der Waals surface area (Å²) in [6, 6.07) is 3.27. The molecule has 0 amide bonds. The first-order chi connectivity index (χ1) is 6.72. The zero-order chi connectivity index (χ0) is 10.1. The zero-order valence-corrected chi connectivity index (χ0v) is 8.52. The van der Waals surface area contributed by atoms with Crippen LogP contribution in [0.5, 0.6) is 0 Å². The number of nitrogens with two attached hydrogens (primary N) is 1. The second kappa shape index (κ2) is 3.70. The van der Waals surface area contributed by atoms with Crippen LogP contribution in [0.15, 0.2) is 12.1 Å². The molecule has 0 heterocycles. The van der Waals surface area contributed by atoms with Crippen LogP contribution in [-0.2, 0) is 12.8 Å². The number of aryl methyl sites for hydroxylation is 1. The van der Waals surface area contributed by atoms with Crippen molar-refractivity contribution in [3.05, 3.63) is 34.6 Å². The van der Waals surface area contributed by atoms with Crippen LogP contribution in [0.1, 0.15) is 42.5 Å². The van der Waals surface area contributed by atoms with Gasteiger partial charge in [0, 0.05) is 6.04 Å². The summed E-state index contributed by atoms with van der Waals surface area (Å²) in [5.74, 6) is -0.135. The molecule has 0 saturated carbocycles. The summed E-state index contributed by atoms with van der Waals surface area (Å²) in [6.45, 7) is 2.04. The molecular weight excluding hydrogens is 177 g/mol. The number of benzene rings is 1. The molecule has 1 atom stereocenters. The van der Waals surface area contributed by atoms with Crippen LogP contribution >= 0.6 is 0 Å². The zero-order valence-electron chi connectivity index (χ0n) is 8.52. The van der Waals surface area contributed by atoms with Gasteiger partial charge >= 0.3 is 0 Å². The van der Waals surface area contributed by atoms with E-state index in [0.717, 1.165) is 31.2 Å². The van der Waals surface area contributed by atoms with Gasteiger partial charge in [0.25, 0.3) is 0 Å². The van der Waals surface area contributed by atoms with Gasteiger partial charge in [0.05, 0.1) is 0 Å². The maximum Gasteiger partial charge on any atom is 0.123 e. The largest absolute Gasteiger partial charge is 0.324 e. The molecule has 2 N–H and O–H groups in total. The third kappa shape index (κ3) is 1.55. The molecule has 1 aromatic carbocycles. The standard InChI is InChI=1S/C12H16FN/c1-2-12(14)11-7-9(13)6-8-4-3-5-10(8)11/h6-7,12H,2-5,14H2,1H3/t12-/m0/s1. The minimum atomic E-state index is -0.135. The summed E-state index contributed by atoms with van der Waals surface area (Å²) in [6.07, 6.45) is 4.09. The van der Waals surface area contributed by atoms with Gasteiger partial charge in [-0.3, -0.25) is 0 Å². The third-order valence-corrected chi connectivity index (χ3v) is 3.05. The molecule has 0 bridgehead atoms. The van der Waals surface area contributed by atoms with E-state index in [2.05, 4.69) is 0 Å². The maximum atomic E-state index is 13.3. The van der Waals surface area contributed by atoms with Crippen molar-refractivity contribution < 1.29 is 4.39 Å². The monoisotopic (exact) mass is 193 g/mol. The normalized spacial score (nSPS) is 16.8. The van der Waals surface area contributed by atoms with Gasteiger partial charge in [-0.15, -0.1) is 0 Å². The van der Waals surface area contributed by atoms with Gasteiger partial charge in [0.2, 0.25) is 0 Å². The quantitative estimate of drug-likeness (QED) is 0.767. The topological polar surface area (TPSA) is 26.0 Å². The Labute approximate surface area is 84.1 Å². The van der Waals surface area contributed by atoms with Gasteiger partial charge in [0.1, 0.15) is 5.82 Å². The highest BCUT2D eigenvalue weighted by Crippen LogP contribution is 2.30. The minimum absolute atomic E-state index is 0.00227. The summed E-state index contributed by atoms with van der Waals surface area (Å²) < 4.78 is 13.3. The average molecular weight is 193 g/mol. The fourth-order valence-corrected chi connectivity index (χ4v) is 2.25.